The van der Waals surface area contributed by atoms with Crippen LogP contribution in [0.25, 0.3) is 11.3 Å². The number of rotatable bonds is 4. The summed E-state index contributed by atoms with van der Waals surface area (Å²) in [7, 11) is -3.69. The molecule has 25 heavy (non-hydrogen) atoms. The normalized spacial score (nSPS) is 11.5. The lowest BCUT2D eigenvalue weighted by atomic mass is 10.1. The van der Waals surface area contributed by atoms with E-state index < -0.39 is 10.0 Å². The Kier molecular flexibility index (Phi) is 4.58. The Labute approximate surface area is 151 Å². The monoisotopic (exact) mass is 376 g/mol. The molecule has 0 saturated heterocycles. The van der Waals surface area contributed by atoms with Crippen LogP contribution in [0, 0.1) is 20.8 Å². The van der Waals surface area contributed by atoms with Gasteiger partial charge in [-0.25, -0.2) is 13.4 Å². The van der Waals surface area contributed by atoms with Crippen molar-refractivity contribution in [2.45, 2.75) is 25.7 Å². The maximum Gasteiger partial charge on any atom is 0.261 e. The Morgan fingerprint density at radius 3 is 2.28 bits per heavy atom. The van der Waals surface area contributed by atoms with Crippen LogP contribution < -0.4 is 4.72 Å². The fourth-order valence-corrected chi connectivity index (χ4v) is 3.89. The molecule has 7 heteroatoms. The smallest absolute Gasteiger partial charge is 0.261 e. The van der Waals surface area contributed by atoms with Crippen LogP contribution in [-0.4, -0.2) is 13.4 Å². The highest BCUT2D eigenvalue weighted by Gasteiger charge is 2.16. The zero-order valence-electron chi connectivity index (χ0n) is 14.0. The fourth-order valence-electron chi connectivity index (χ4n) is 2.53. The van der Waals surface area contributed by atoms with Gasteiger partial charge in [-0.15, -0.1) is 0 Å². The zero-order chi connectivity index (χ0) is 18.2. The van der Waals surface area contributed by atoms with E-state index in [1.165, 1.54) is 0 Å². The quantitative estimate of drug-likeness (QED) is 0.715. The number of aromatic nitrogens is 1. The standard InChI is InChI=1S/C18H17ClN2O3S/c1-11-10-15(19)6-9-17(11)21-25(22,23)16-7-4-14(5-8-16)18-12(2)24-13(3)20-18/h4-10,21H,1-3H3. The lowest BCUT2D eigenvalue weighted by Crippen LogP contribution is -2.13. The molecule has 0 spiro atoms. The zero-order valence-corrected chi connectivity index (χ0v) is 15.6. The summed E-state index contributed by atoms with van der Waals surface area (Å²) < 4.78 is 33.2. The summed E-state index contributed by atoms with van der Waals surface area (Å²) in [6, 6.07) is 11.5. The van der Waals surface area contributed by atoms with Gasteiger partial charge in [0.05, 0.1) is 10.6 Å². The van der Waals surface area contributed by atoms with Gasteiger partial charge in [-0.1, -0.05) is 23.7 Å². The van der Waals surface area contributed by atoms with Gasteiger partial charge in [-0.2, -0.15) is 0 Å². The van der Waals surface area contributed by atoms with Crippen molar-refractivity contribution in [3.8, 4) is 11.3 Å². The van der Waals surface area contributed by atoms with E-state index in [1.54, 1.807) is 56.3 Å². The average molecular weight is 377 g/mol. The maximum absolute atomic E-state index is 12.6. The van der Waals surface area contributed by atoms with Gasteiger partial charge in [0.2, 0.25) is 0 Å². The van der Waals surface area contributed by atoms with Gasteiger partial charge in [-0.05, 0) is 49.7 Å². The van der Waals surface area contributed by atoms with Gasteiger partial charge in [0.25, 0.3) is 10.0 Å². The summed E-state index contributed by atoms with van der Waals surface area (Å²) in [5.41, 5.74) is 2.76. The molecule has 0 bridgehead atoms. The van der Waals surface area contributed by atoms with Crippen LogP contribution in [0.15, 0.2) is 51.8 Å². The third-order valence-electron chi connectivity index (χ3n) is 3.77. The first-order valence-corrected chi connectivity index (χ1v) is 9.46. The molecule has 3 aromatic rings. The first-order chi connectivity index (χ1) is 11.8. The van der Waals surface area contributed by atoms with Gasteiger partial charge < -0.3 is 4.42 Å². The maximum atomic E-state index is 12.6. The molecule has 1 aromatic heterocycles. The molecule has 0 aliphatic heterocycles. The number of anilines is 1. The van der Waals surface area contributed by atoms with E-state index in [4.69, 9.17) is 16.0 Å². The van der Waals surface area contributed by atoms with Crippen LogP contribution in [0.2, 0.25) is 5.02 Å². The van der Waals surface area contributed by atoms with Gasteiger partial charge >= 0.3 is 0 Å². The van der Waals surface area contributed by atoms with Crippen molar-refractivity contribution in [2.75, 3.05) is 4.72 Å². The van der Waals surface area contributed by atoms with Gasteiger partial charge in [0.15, 0.2) is 5.89 Å². The first kappa shape index (κ1) is 17.5. The predicted octanol–water partition coefficient (Wildman–Crippen LogP) is 4.72. The number of oxazole rings is 1. The number of aryl methyl sites for hydroxylation is 3. The molecule has 0 aliphatic carbocycles. The van der Waals surface area contributed by atoms with E-state index >= 15 is 0 Å². The Bertz CT molecular complexity index is 1020. The lowest BCUT2D eigenvalue weighted by Gasteiger charge is -2.11. The second-order valence-corrected chi connectivity index (χ2v) is 7.85. The molecule has 0 amide bonds. The van der Waals surface area contributed by atoms with Crippen LogP contribution in [0.4, 0.5) is 5.69 Å². The molecule has 130 valence electrons. The van der Waals surface area contributed by atoms with E-state index in [0.29, 0.717) is 28.1 Å². The van der Waals surface area contributed by atoms with Crippen molar-refractivity contribution in [3.63, 3.8) is 0 Å². The third-order valence-corrected chi connectivity index (χ3v) is 5.39. The Morgan fingerprint density at radius 1 is 1.04 bits per heavy atom. The van der Waals surface area contributed by atoms with Crippen LogP contribution in [0.3, 0.4) is 0 Å². The Morgan fingerprint density at radius 2 is 1.72 bits per heavy atom. The van der Waals surface area contributed by atoms with Crippen LogP contribution in [0.1, 0.15) is 17.2 Å². The molecular formula is C18H17ClN2O3S. The van der Waals surface area contributed by atoms with Gasteiger partial charge in [0.1, 0.15) is 11.5 Å². The van der Waals surface area contributed by atoms with Crippen molar-refractivity contribution >= 4 is 27.3 Å². The van der Waals surface area contributed by atoms with Crippen molar-refractivity contribution in [1.29, 1.82) is 0 Å². The minimum atomic E-state index is -3.69. The Hall–Kier alpha value is -2.31. The molecule has 2 aromatic carbocycles. The molecule has 0 unspecified atom stereocenters. The fraction of sp³-hybridized carbons (Fsp3) is 0.167. The van der Waals surface area contributed by atoms with Crippen LogP contribution in [-0.2, 0) is 10.0 Å². The number of halogens is 1. The lowest BCUT2D eigenvalue weighted by molar-refractivity contribution is 0.495. The number of hydrogen-bond acceptors (Lipinski definition) is 4. The summed E-state index contributed by atoms with van der Waals surface area (Å²) >= 11 is 5.90. The summed E-state index contributed by atoms with van der Waals surface area (Å²) in [6.45, 7) is 5.39. The number of nitrogens with one attached hydrogen (secondary N) is 1. The number of benzene rings is 2. The number of hydrogen-bond donors (Lipinski definition) is 1. The molecule has 0 aliphatic rings. The largest absolute Gasteiger partial charge is 0.446 e. The highest BCUT2D eigenvalue weighted by Crippen LogP contribution is 2.26. The highest BCUT2D eigenvalue weighted by molar-refractivity contribution is 7.92. The topological polar surface area (TPSA) is 72.2 Å². The van der Waals surface area contributed by atoms with Crippen LogP contribution in [0.5, 0.6) is 0 Å². The van der Waals surface area contributed by atoms with Gasteiger partial charge in [0, 0.05) is 17.5 Å². The molecule has 3 rings (SSSR count). The van der Waals surface area contributed by atoms with Gasteiger partial charge in [-0.3, -0.25) is 4.72 Å². The molecule has 5 nitrogen and oxygen atoms in total. The van der Waals surface area contributed by atoms with Crippen molar-refractivity contribution in [1.82, 2.24) is 4.98 Å². The summed E-state index contributed by atoms with van der Waals surface area (Å²) in [5, 5.41) is 0.558. The summed E-state index contributed by atoms with van der Waals surface area (Å²) in [6.07, 6.45) is 0. The van der Waals surface area contributed by atoms with E-state index in [9.17, 15) is 8.42 Å². The number of sulfonamides is 1. The summed E-state index contributed by atoms with van der Waals surface area (Å²) in [5.74, 6) is 1.27. The molecule has 0 fully saturated rings. The van der Waals surface area contributed by atoms with Crippen LogP contribution >= 0.6 is 11.6 Å². The van der Waals surface area contributed by atoms with E-state index in [2.05, 4.69) is 9.71 Å². The predicted molar refractivity (Wildman–Crippen MR) is 98.4 cm³/mol. The minimum absolute atomic E-state index is 0.170. The van der Waals surface area contributed by atoms with E-state index in [0.717, 1.165) is 11.1 Å². The van der Waals surface area contributed by atoms with E-state index in [-0.39, 0.29) is 4.90 Å². The summed E-state index contributed by atoms with van der Waals surface area (Å²) in [4.78, 5) is 4.49. The van der Waals surface area contributed by atoms with Crippen molar-refractivity contribution < 1.29 is 12.8 Å². The molecule has 0 atom stereocenters. The van der Waals surface area contributed by atoms with E-state index in [1.807, 2.05) is 6.92 Å². The SMILES string of the molecule is Cc1nc(-c2ccc(S(=O)(=O)Nc3ccc(Cl)cc3C)cc2)c(C)o1. The average Bonchev–Trinajstić information content (AvgIpc) is 2.89. The molecule has 0 radical (unpaired) electrons. The number of nitrogens with zero attached hydrogens (tertiary/aromatic N) is 1. The Balaban J connectivity index is 1.89. The first-order valence-electron chi connectivity index (χ1n) is 7.60. The third kappa shape index (κ3) is 3.70. The second-order valence-electron chi connectivity index (χ2n) is 5.73. The molecular weight excluding hydrogens is 360 g/mol. The minimum Gasteiger partial charge on any atom is -0.446 e. The van der Waals surface area contributed by atoms with Crippen molar-refractivity contribution in [3.05, 3.63) is 64.7 Å². The van der Waals surface area contributed by atoms with Crippen molar-refractivity contribution in [2.24, 2.45) is 0 Å². The molecule has 1 heterocycles. The highest BCUT2D eigenvalue weighted by atomic mass is 35.5. The second kappa shape index (κ2) is 6.54. The molecule has 1 N–H and O–H groups in total. The molecule has 0 saturated carbocycles.